The first-order chi connectivity index (χ1) is 20.4. The SMILES string of the molecule is Cn1nnnc1SCC1CC(c2ccc(CO)cc2)OC(c2ccc(NC(=O)NC34CC5CC(CC(C5)C3)C4)cc2)O1. The van der Waals surface area contributed by atoms with Crippen molar-refractivity contribution in [1.82, 2.24) is 25.5 Å². The topological polar surface area (TPSA) is 123 Å². The van der Waals surface area contributed by atoms with E-state index in [4.69, 9.17) is 9.47 Å². The Kier molecular flexibility index (Phi) is 7.68. The minimum absolute atomic E-state index is 0.00346. The smallest absolute Gasteiger partial charge is 0.319 e. The summed E-state index contributed by atoms with van der Waals surface area (Å²) in [5.74, 6) is 3.01. The quantitative estimate of drug-likeness (QED) is 0.309. The number of aryl methyl sites for hydroxylation is 1. The number of hydrogen-bond donors (Lipinski definition) is 3. The third-order valence-electron chi connectivity index (χ3n) is 9.45. The first-order valence-corrected chi connectivity index (χ1v) is 16.0. The van der Waals surface area contributed by atoms with E-state index < -0.39 is 6.29 Å². The lowest BCUT2D eigenvalue weighted by molar-refractivity contribution is -0.245. The summed E-state index contributed by atoms with van der Waals surface area (Å²) in [6.07, 6.45) is 7.25. The summed E-state index contributed by atoms with van der Waals surface area (Å²) in [5.41, 5.74) is 3.50. The van der Waals surface area contributed by atoms with Crippen molar-refractivity contribution in [2.45, 2.75) is 80.7 Å². The van der Waals surface area contributed by atoms with Gasteiger partial charge in [-0.15, -0.1) is 5.10 Å². The molecule has 10 nitrogen and oxygen atoms in total. The molecule has 2 heterocycles. The van der Waals surface area contributed by atoms with Gasteiger partial charge in [-0.2, -0.15) is 0 Å². The summed E-state index contributed by atoms with van der Waals surface area (Å²) < 4.78 is 14.5. The Morgan fingerprint density at radius 3 is 2.26 bits per heavy atom. The molecule has 222 valence electrons. The predicted molar refractivity (Wildman–Crippen MR) is 157 cm³/mol. The van der Waals surface area contributed by atoms with Crippen molar-refractivity contribution in [3.05, 3.63) is 65.2 Å². The van der Waals surface area contributed by atoms with E-state index in [-0.39, 0.29) is 30.4 Å². The zero-order valence-corrected chi connectivity index (χ0v) is 24.6. The molecule has 4 bridgehead atoms. The summed E-state index contributed by atoms with van der Waals surface area (Å²) in [4.78, 5) is 13.1. The van der Waals surface area contributed by atoms with Crippen molar-refractivity contribution in [3.63, 3.8) is 0 Å². The van der Waals surface area contributed by atoms with E-state index in [1.165, 1.54) is 19.3 Å². The van der Waals surface area contributed by atoms with Crippen molar-refractivity contribution >= 4 is 23.5 Å². The summed E-state index contributed by atoms with van der Waals surface area (Å²) in [7, 11) is 1.82. The minimum atomic E-state index is -0.570. The number of anilines is 1. The molecule has 0 radical (unpaired) electrons. The monoisotopic (exact) mass is 590 g/mol. The summed E-state index contributed by atoms with van der Waals surface area (Å²) in [6, 6.07) is 15.5. The predicted octanol–water partition coefficient (Wildman–Crippen LogP) is 5.13. The molecule has 5 aliphatic rings. The average Bonchev–Trinajstić information content (AvgIpc) is 3.39. The second-order valence-corrected chi connectivity index (χ2v) is 13.6. The van der Waals surface area contributed by atoms with Crippen molar-refractivity contribution in [2.75, 3.05) is 11.1 Å². The molecule has 4 aliphatic carbocycles. The van der Waals surface area contributed by atoms with Gasteiger partial charge >= 0.3 is 6.03 Å². The van der Waals surface area contributed by atoms with Gasteiger partial charge in [-0.25, -0.2) is 9.48 Å². The maximum absolute atomic E-state index is 13.1. The van der Waals surface area contributed by atoms with Crippen LogP contribution in [0.1, 0.15) is 74.0 Å². The Bertz CT molecular complexity index is 1360. The number of amides is 2. The van der Waals surface area contributed by atoms with Crippen LogP contribution in [-0.2, 0) is 23.1 Å². The van der Waals surface area contributed by atoms with Crippen LogP contribution < -0.4 is 10.6 Å². The second kappa shape index (κ2) is 11.6. The van der Waals surface area contributed by atoms with E-state index in [0.29, 0.717) is 12.2 Å². The fraction of sp³-hybridized carbons (Fsp3) is 0.548. The molecule has 3 unspecified atom stereocenters. The number of nitrogens with one attached hydrogen (secondary N) is 2. The summed E-state index contributed by atoms with van der Waals surface area (Å²) >= 11 is 1.55. The molecular weight excluding hydrogens is 552 g/mol. The Morgan fingerprint density at radius 1 is 0.976 bits per heavy atom. The van der Waals surface area contributed by atoms with E-state index in [0.717, 1.165) is 64.6 Å². The maximum Gasteiger partial charge on any atom is 0.319 e. The van der Waals surface area contributed by atoms with Crippen LogP contribution in [0.5, 0.6) is 0 Å². The summed E-state index contributed by atoms with van der Waals surface area (Å²) in [5, 5.41) is 28.4. The van der Waals surface area contributed by atoms with Gasteiger partial charge in [-0.3, -0.25) is 0 Å². The van der Waals surface area contributed by atoms with Crippen LogP contribution in [-0.4, -0.2) is 48.7 Å². The lowest BCUT2D eigenvalue weighted by Gasteiger charge is -2.56. The van der Waals surface area contributed by atoms with Crippen LogP contribution in [0.15, 0.2) is 53.7 Å². The highest BCUT2D eigenvalue weighted by molar-refractivity contribution is 7.99. The number of tetrazole rings is 1. The van der Waals surface area contributed by atoms with Crippen LogP contribution >= 0.6 is 11.8 Å². The number of ether oxygens (including phenoxy) is 2. The van der Waals surface area contributed by atoms with Crippen LogP contribution in [0.4, 0.5) is 10.5 Å². The number of rotatable bonds is 8. The number of carbonyl (C=O) groups is 1. The van der Waals surface area contributed by atoms with Crippen LogP contribution in [0, 0.1) is 17.8 Å². The van der Waals surface area contributed by atoms with Gasteiger partial charge in [-0.1, -0.05) is 48.2 Å². The lowest BCUT2D eigenvalue weighted by atomic mass is 9.53. The zero-order chi connectivity index (χ0) is 28.7. The molecule has 3 atom stereocenters. The number of hydrogen-bond acceptors (Lipinski definition) is 8. The summed E-state index contributed by atoms with van der Waals surface area (Å²) in [6.45, 7) is 0.00346. The molecule has 1 aliphatic heterocycles. The number of aliphatic hydroxyl groups is 1. The number of nitrogens with zero attached hydrogens (tertiary/aromatic N) is 4. The highest BCUT2D eigenvalue weighted by Gasteiger charge is 2.51. The Hall–Kier alpha value is -2.99. The molecule has 1 aromatic heterocycles. The molecule has 0 spiro atoms. The fourth-order valence-corrected chi connectivity index (χ4v) is 8.79. The highest BCUT2D eigenvalue weighted by atomic mass is 32.2. The van der Waals surface area contributed by atoms with E-state index in [1.54, 1.807) is 16.4 Å². The molecule has 3 N–H and O–H groups in total. The number of benzene rings is 2. The van der Waals surface area contributed by atoms with Gasteiger partial charge in [0, 0.05) is 36.0 Å². The number of carbonyl (C=O) groups excluding carboxylic acids is 1. The Morgan fingerprint density at radius 2 is 1.64 bits per heavy atom. The fourth-order valence-electron chi connectivity index (χ4n) is 7.92. The van der Waals surface area contributed by atoms with Crippen LogP contribution in [0.3, 0.4) is 0 Å². The molecular formula is C31H38N6O4S. The van der Waals surface area contributed by atoms with Crippen LogP contribution in [0.2, 0.25) is 0 Å². The average molecular weight is 591 g/mol. The lowest BCUT2D eigenvalue weighted by Crippen LogP contribution is -2.60. The standard InChI is InChI=1S/C31H38N6O4S/c1-37-30(34-35-36-37)42-18-26-13-27(23-4-2-19(17-38)3-5-23)41-28(40-26)24-6-8-25(9-7-24)32-29(39)33-31-14-20-10-21(15-31)12-22(11-20)16-31/h2-9,20-22,26-28,38H,10-18H2,1H3,(H2,32,33,39). The highest BCUT2D eigenvalue weighted by Crippen LogP contribution is 2.55. The molecule has 2 aromatic carbocycles. The number of thioether (sulfide) groups is 1. The van der Waals surface area contributed by atoms with Gasteiger partial charge in [0.05, 0.1) is 18.8 Å². The molecule has 2 amide bonds. The van der Waals surface area contributed by atoms with Gasteiger partial charge < -0.3 is 25.2 Å². The van der Waals surface area contributed by atoms with Crippen LogP contribution in [0.25, 0.3) is 0 Å². The number of urea groups is 1. The van der Waals surface area contributed by atoms with E-state index in [9.17, 15) is 9.90 Å². The third kappa shape index (κ3) is 5.92. The van der Waals surface area contributed by atoms with Gasteiger partial charge in [0.2, 0.25) is 5.16 Å². The minimum Gasteiger partial charge on any atom is -0.392 e. The molecule has 3 aromatic rings. The third-order valence-corrected chi connectivity index (χ3v) is 10.6. The van der Waals surface area contributed by atoms with Gasteiger partial charge in [0.25, 0.3) is 0 Å². The van der Waals surface area contributed by atoms with E-state index in [2.05, 4.69) is 26.2 Å². The largest absolute Gasteiger partial charge is 0.392 e. The van der Waals surface area contributed by atoms with E-state index >= 15 is 0 Å². The Balaban J connectivity index is 1.02. The molecule has 42 heavy (non-hydrogen) atoms. The van der Waals surface area contributed by atoms with Crippen molar-refractivity contribution in [3.8, 4) is 0 Å². The zero-order valence-electron chi connectivity index (χ0n) is 23.8. The molecule has 4 saturated carbocycles. The normalized spacial score (nSPS) is 31.7. The first-order valence-electron chi connectivity index (χ1n) is 15.0. The van der Waals surface area contributed by atoms with Gasteiger partial charge in [-0.05, 0) is 90.0 Å². The maximum atomic E-state index is 13.1. The second-order valence-electron chi connectivity index (χ2n) is 12.6. The number of aliphatic hydroxyl groups excluding tert-OH is 1. The first kappa shape index (κ1) is 27.8. The molecule has 5 fully saturated rings. The van der Waals surface area contributed by atoms with Gasteiger partial charge in [0.1, 0.15) is 0 Å². The van der Waals surface area contributed by atoms with Gasteiger partial charge in [0.15, 0.2) is 6.29 Å². The van der Waals surface area contributed by atoms with Crippen molar-refractivity contribution in [1.29, 1.82) is 0 Å². The molecule has 8 rings (SSSR count). The molecule has 11 heteroatoms. The Labute approximate surface area is 249 Å². The van der Waals surface area contributed by atoms with Crippen molar-refractivity contribution in [2.24, 2.45) is 24.8 Å². The molecule has 1 saturated heterocycles. The number of aromatic nitrogens is 4. The van der Waals surface area contributed by atoms with Crippen molar-refractivity contribution < 1.29 is 19.4 Å². The van der Waals surface area contributed by atoms with E-state index in [1.807, 2.05) is 55.6 Å².